The van der Waals surface area contributed by atoms with E-state index in [1.54, 1.807) is 23.5 Å². The normalized spacial score (nSPS) is 11.1. The van der Waals surface area contributed by atoms with E-state index < -0.39 is 0 Å². The molecule has 0 saturated heterocycles. The number of fused-ring (bicyclic) bond motifs is 1. The van der Waals surface area contributed by atoms with Crippen LogP contribution in [0.15, 0.2) is 46.5 Å². The third-order valence-electron chi connectivity index (χ3n) is 3.11. The van der Waals surface area contributed by atoms with Gasteiger partial charge in [0, 0.05) is 11.1 Å². The number of nitrogens with one attached hydrogen (secondary N) is 1. The van der Waals surface area contributed by atoms with Crippen molar-refractivity contribution in [2.75, 3.05) is 6.26 Å². The molecule has 0 bridgehead atoms. The van der Waals surface area contributed by atoms with Gasteiger partial charge in [-0.05, 0) is 36.9 Å². The van der Waals surface area contributed by atoms with Gasteiger partial charge in [0.2, 0.25) is 0 Å². The summed E-state index contributed by atoms with van der Waals surface area (Å²) < 4.78 is 0. The van der Waals surface area contributed by atoms with Crippen LogP contribution in [0.2, 0.25) is 0 Å². The maximum Gasteiger partial charge on any atom is 0.117 e. The van der Waals surface area contributed by atoms with Gasteiger partial charge in [-0.15, -0.1) is 11.8 Å². The second-order valence-electron chi connectivity index (χ2n) is 4.43. The molecular formula is C15H15N3S2. The van der Waals surface area contributed by atoms with Crippen LogP contribution in [-0.2, 0) is 5.75 Å². The molecule has 0 radical (unpaired) electrons. The minimum Gasteiger partial charge on any atom is -0.341 e. The summed E-state index contributed by atoms with van der Waals surface area (Å²) in [7, 11) is 0. The van der Waals surface area contributed by atoms with Gasteiger partial charge in [-0.25, -0.2) is 9.97 Å². The molecule has 5 heteroatoms. The van der Waals surface area contributed by atoms with E-state index in [-0.39, 0.29) is 0 Å². The number of pyridine rings is 1. The topological polar surface area (TPSA) is 41.6 Å². The Labute approximate surface area is 126 Å². The fourth-order valence-electron chi connectivity index (χ4n) is 2.08. The Morgan fingerprint density at radius 2 is 2.05 bits per heavy atom. The summed E-state index contributed by atoms with van der Waals surface area (Å²) in [5.74, 6) is 1.80. The van der Waals surface area contributed by atoms with Crippen LogP contribution in [0.5, 0.6) is 0 Å². The van der Waals surface area contributed by atoms with Gasteiger partial charge in [-0.3, -0.25) is 0 Å². The second-order valence-corrected chi connectivity index (χ2v) is 6.24. The summed E-state index contributed by atoms with van der Waals surface area (Å²) in [5, 5.41) is 1.08. The molecule has 3 rings (SSSR count). The van der Waals surface area contributed by atoms with Crippen molar-refractivity contribution in [1.29, 1.82) is 0 Å². The number of hydrogen-bond acceptors (Lipinski definition) is 4. The summed E-state index contributed by atoms with van der Waals surface area (Å²) in [4.78, 5) is 13.7. The zero-order valence-corrected chi connectivity index (χ0v) is 13.0. The maximum absolute atomic E-state index is 4.59. The van der Waals surface area contributed by atoms with E-state index >= 15 is 0 Å². The molecular weight excluding hydrogens is 286 g/mol. The fraction of sp³-hybridized carbons (Fsp3) is 0.200. The molecule has 20 heavy (non-hydrogen) atoms. The van der Waals surface area contributed by atoms with Crippen LogP contribution in [0, 0.1) is 6.92 Å². The second kappa shape index (κ2) is 5.89. The Kier molecular flexibility index (Phi) is 3.98. The summed E-state index contributed by atoms with van der Waals surface area (Å²) >= 11 is 3.49. The van der Waals surface area contributed by atoms with Gasteiger partial charge in [0.25, 0.3) is 0 Å². The predicted molar refractivity (Wildman–Crippen MR) is 86.4 cm³/mol. The summed E-state index contributed by atoms with van der Waals surface area (Å²) in [6.07, 6.45) is 3.97. The monoisotopic (exact) mass is 301 g/mol. The number of thioether (sulfide) groups is 2. The van der Waals surface area contributed by atoms with Gasteiger partial charge >= 0.3 is 0 Å². The highest BCUT2D eigenvalue weighted by Crippen LogP contribution is 2.29. The van der Waals surface area contributed by atoms with Crippen molar-refractivity contribution in [3.8, 4) is 0 Å². The lowest BCUT2D eigenvalue weighted by atomic mass is 10.3. The Morgan fingerprint density at radius 3 is 2.85 bits per heavy atom. The van der Waals surface area contributed by atoms with Crippen LogP contribution >= 0.6 is 23.5 Å². The lowest BCUT2D eigenvalue weighted by molar-refractivity contribution is 1.02. The molecule has 0 saturated carbocycles. The van der Waals surface area contributed by atoms with E-state index in [2.05, 4.69) is 34.2 Å². The summed E-state index contributed by atoms with van der Waals surface area (Å²) in [5.41, 5.74) is 3.36. The minimum absolute atomic E-state index is 0.806. The van der Waals surface area contributed by atoms with Crippen molar-refractivity contribution >= 4 is 34.6 Å². The Morgan fingerprint density at radius 1 is 1.20 bits per heavy atom. The van der Waals surface area contributed by atoms with Crippen LogP contribution in [0.3, 0.4) is 0 Å². The molecule has 2 aromatic heterocycles. The third-order valence-corrected chi connectivity index (χ3v) is 5.10. The molecule has 0 aliphatic carbocycles. The quantitative estimate of drug-likeness (QED) is 0.730. The number of benzene rings is 1. The first-order valence-electron chi connectivity index (χ1n) is 6.34. The zero-order chi connectivity index (χ0) is 13.9. The van der Waals surface area contributed by atoms with E-state index in [0.717, 1.165) is 27.6 Å². The predicted octanol–water partition coefficient (Wildman–Crippen LogP) is 4.28. The molecule has 0 aliphatic heterocycles. The van der Waals surface area contributed by atoms with E-state index in [4.69, 9.17) is 0 Å². The number of hydrogen-bond donors (Lipinski definition) is 1. The molecule has 0 spiro atoms. The Bertz CT molecular complexity index is 704. The number of H-pyrrole nitrogens is 1. The van der Waals surface area contributed by atoms with Crippen molar-refractivity contribution in [1.82, 2.24) is 15.0 Å². The van der Waals surface area contributed by atoms with E-state index in [0.29, 0.717) is 0 Å². The number of aromatic amines is 1. The van der Waals surface area contributed by atoms with Crippen molar-refractivity contribution < 1.29 is 0 Å². The molecule has 102 valence electrons. The molecule has 0 unspecified atom stereocenters. The Balaban J connectivity index is 1.79. The van der Waals surface area contributed by atoms with Crippen molar-refractivity contribution in [2.24, 2.45) is 0 Å². The molecule has 2 heterocycles. The first-order valence-corrected chi connectivity index (χ1v) is 8.55. The summed E-state index contributed by atoms with van der Waals surface area (Å²) in [6.45, 7) is 2.12. The van der Waals surface area contributed by atoms with Crippen LogP contribution in [-0.4, -0.2) is 21.2 Å². The van der Waals surface area contributed by atoms with Crippen molar-refractivity contribution in [3.05, 3.63) is 47.9 Å². The zero-order valence-electron chi connectivity index (χ0n) is 11.4. The number of rotatable bonds is 4. The summed E-state index contributed by atoms with van der Waals surface area (Å²) in [6, 6.07) is 10.2. The molecule has 1 N–H and O–H groups in total. The van der Waals surface area contributed by atoms with E-state index in [1.165, 1.54) is 10.5 Å². The molecule has 3 nitrogen and oxygen atoms in total. The van der Waals surface area contributed by atoms with Gasteiger partial charge in [-0.2, -0.15) is 0 Å². The fourth-order valence-corrected chi connectivity index (χ4v) is 3.61. The molecule has 0 atom stereocenters. The van der Waals surface area contributed by atoms with Crippen LogP contribution in [0.4, 0.5) is 0 Å². The third kappa shape index (κ3) is 2.69. The molecule has 0 fully saturated rings. The van der Waals surface area contributed by atoms with E-state index in [9.17, 15) is 0 Å². The number of nitrogens with zero attached hydrogens (tertiary/aromatic N) is 2. The first-order chi connectivity index (χ1) is 9.78. The average molecular weight is 301 g/mol. The highest BCUT2D eigenvalue weighted by atomic mass is 32.2. The molecule has 0 amide bonds. The van der Waals surface area contributed by atoms with Gasteiger partial charge < -0.3 is 4.98 Å². The number of para-hydroxylation sites is 2. The van der Waals surface area contributed by atoms with Gasteiger partial charge in [0.1, 0.15) is 10.9 Å². The van der Waals surface area contributed by atoms with Gasteiger partial charge in [-0.1, -0.05) is 23.9 Å². The highest BCUT2D eigenvalue weighted by molar-refractivity contribution is 7.99. The smallest absolute Gasteiger partial charge is 0.117 e. The Hall–Kier alpha value is -1.46. The number of aromatic nitrogens is 3. The minimum atomic E-state index is 0.806. The molecule has 0 aliphatic rings. The standard InChI is InChI=1S/C15H15N3S2/c1-10-13(19-2)7-8-16-15(10)20-9-14-17-11-5-3-4-6-12(11)18-14/h3-8H,9H2,1-2H3,(H,17,18). The average Bonchev–Trinajstić information content (AvgIpc) is 2.89. The molecule has 3 aromatic rings. The van der Waals surface area contributed by atoms with Gasteiger partial charge in [0.05, 0.1) is 16.8 Å². The first kappa shape index (κ1) is 13.5. The maximum atomic E-state index is 4.59. The lowest BCUT2D eigenvalue weighted by Crippen LogP contribution is -1.90. The van der Waals surface area contributed by atoms with Gasteiger partial charge in [0.15, 0.2) is 0 Å². The number of imidazole rings is 1. The largest absolute Gasteiger partial charge is 0.341 e. The molecule has 1 aromatic carbocycles. The SMILES string of the molecule is CSc1ccnc(SCc2nc3ccccc3[nH]2)c1C. The van der Waals surface area contributed by atoms with E-state index in [1.807, 2.05) is 30.5 Å². The lowest BCUT2D eigenvalue weighted by Gasteiger charge is -2.06. The van der Waals surface area contributed by atoms with Crippen molar-refractivity contribution in [2.45, 2.75) is 22.6 Å². The van der Waals surface area contributed by atoms with Crippen LogP contribution in [0.1, 0.15) is 11.4 Å². The highest BCUT2D eigenvalue weighted by Gasteiger charge is 2.08. The van der Waals surface area contributed by atoms with Crippen LogP contribution in [0.25, 0.3) is 11.0 Å². The van der Waals surface area contributed by atoms with Crippen molar-refractivity contribution in [3.63, 3.8) is 0 Å². The van der Waals surface area contributed by atoms with Crippen LogP contribution < -0.4 is 0 Å².